The highest BCUT2D eigenvalue weighted by Crippen LogP contribution is 2.34. The lowest BCUT2D eigenvalue weighted by Crippen LogP contribution is -2.74. The number of rotatable bonds is 6. The van der Waals surface area contributed by atoms with Crippen molar-refractivity contribution in [2.75, 3.05) is 0 Å². The Labute approximate surface area is 297 Å². The van der Waals surface area contributed by atoms with Gasteiger partial charge in [-0.15, -0.1) is 0 Å². The molecule has 0 fully saturated rings. The summed E-state index contributed by atoms with van der Waals surface area (Å²) in [6, 6.07) is 73.0. The molecule has 10 aromatic rings. The van der Waals surface area contributed by atoms with Gasteiger partial charge in [0.2, 0.25) is 0 Å². The molecule has 51 heavy (non-hydrogen) atoms. The number of aromatic nitrogens is 3. The fraction of sp³-hybridized carbons (Fsp3) is 0. The molecular weight excluding hydrogens is 635 g/mol. The number of hydrogen-bond donors (Lipinski definition) is 0. The van der Waals surface area contributed by atoms with Gasteiger partial charge in [0.25, 0.3) is 0 Å². The summed E-state index contributed by atoms with van der Waals surface area (Å²) in [5.41, 5.74) is 4.57. The Morgan fingerprint density at radius 2 is 0.569 bits per heavy atom. The van der Waals surface area contributed by atoms with E-state index in [-0.39, 0.29) is 0 Å². The summed E-state index contributed by atoms with van der Waals surface area (Å²) in [6.07, 6.45) is 0. The first-order valence-corrected chi connectivity index (χ1v) is 19.5. The molecule has 7 aromatic carbocycles. The second-order valence-corrected chi connectivity index (χ2v) is 17.0. The molecule has 0 spiro atoms. The second-order valence-electron chi connectivity index (χ2n) is 13.2. The second kappa shape index (κ2) is 11.8. The zero-order valence-electron chi connectivity index (χ0n) is 27.9. The molecule has 0 saturated heterocycles. The molecule has 0 aliphatic carbocycles. The zero-order chi connectivity index (χ0) is 33.8. The van der Waals surface area contributed by atoms with E-state index in [2.05, 4.69) is 209 Å². The van der Waals surface area contributed by atoms with E-state index in [0.717, 1.165) is 33.7 Å². The highest BCUT2D eigenvalue weighted by atomic mass is 28.3. The maximum Gasteiger partial charge on any atom is 0.179 e. The average Bonchev–Trinajstić information content (AvgIpc) is 3.73. The Hall–Kier alpha value is -6.49. The highest BCUT2D eigenvalue weighted by molar-refractivity contribution is 7.19. The van der Waals surface area contributed by atoms with Gasteiger partial charge in [-0.05, 0) is 57.1 Å². The number of hydrogen-bond acceptors (Lipinski definition) is 1. The molecular formula is C47H33N3Si. The number of benzene rings is 7. The molecule has 240 valence electrons. The van der Waals surface area contributed by atoms with Crippen LogP contribution in [0.25, 0.3) is 55.2 Å². The molecule has 0 radical (unpaired) electrons. The fourth-order valence-corrected chi connectivity index (χ4v) is 13.1. The lowest BCUT2D eigenvalue weighted by Gasteiger charge is -2.35. The van der Waals surface area contributed by atoms with Crippen LogP contribution >= 0.6 is 0 Å². The largest absolute Gasteiger partial charge is 0.294 e. The minimum atomic E-state index is -2.92. The maximum absolute atomic E-state index is 5.66. The van der Waals surface area contributed by atoms with Gasteiger partial charge in [-0.2, -0.15) is 0 Å². The van der Waals surface area contributed by atoms with Crippen LogP contribution in [0.15, 0.2) is 200 Å². The molecule has 4 heteroatoms. The van der Waals surface area contributed by atoms with Crippen LogP contribution in [0.2, 0.25) is 0 Å². The molecule has 3 heterocycles. The predicted molar refractivity (Wildman–Crippen MR) is 217 cm³/mol. The van der Waals surface area contributed by atoms with Crippen molar-refractivity contribution < 1.29 is 0 Å². The molecule has 0 atom stereocenters. The number of para-hydroxylation sites is 4. The Bertz CT molecular complexity index is 2520. The van der Waals surface area contributed by atoms with Gasteiger partial charge in [0.05, 0.1) is 22.1 Å². The Kier molecular flexibility index (Phi) is 6.83. The first-order valence-electron chi connectivity index (χ1n) is 17.5. The smallest absolute Gasteiger partial charge is 0.179 e. The predicted octanol–water partition coefficient (Wildman–Crippen LogP) is 8.65. The van der Waals surface area contributed by atoms with Crippen molar-refractivity contribution >= 4 is 72.4 Å². The Morgan fingerprint density at radius 3 is 0.882 bits per heavy atom. The Morgan fingerprint density at radius 1 is 0.294 bits per heavy atom. The highest BCUT2D eigenvalue weighted by Gasteiger charge is 2.42. The fourth-order valence-electron chi connectivity index (χ4n) is 8.35. The van der Waals surface area contributed by atoms with Crippen LogP contribution in [0.3, 0.4) is 0 Å². The van der Waals surface area contributed by atoms with Crippen LogP contribution in [0.4, 0.5) is 0 Å². The monoisotopic (exact) mass is 667 g/mol. The first-order chi connectivity index (χ1) is 25.3. The van der Waals surface area contributed by atoms with Crippen LogP contribution in [-0.2, 0) is 0 Å². The van der Waals surface area contributed by atoms with Gasteiger partial charge in [0.15, 0.2) is 8.07 Å². The molecule has 0 amide bonds. The molecule has 3 aromatic heterocycles. The number of fused-ring (bicyclic) bond motifs is 6. The summed E-state index contributed by atoms with van der Waals surface area (Å²) in [5, 5.41) is 10.1. The summed E-state index contributed by atoms with van der Waals surface area (Å²) in [7, 11) is -2.92. The Balaban J connectivity index is 1.41. The van der Waals surface area contributed by atoms with Crippen molar-refractivity contribution in [3.05, 3.63) is 200 Å². The van der Waals surface area contributed by atoms with Gasteiger partial charge in [-0.25, -0.2) is 4.98 Å². The van der Waals surface area contributed by atoms with Crippen molar-refractivity contribution in [1.82, 2.24) is 14.1 Å². The molecule has 0 aliphatic rings. The van der Waals surface area contributed by atoms with Crippen LogP contribution in [0.5, 0.6) is 0 Å². The third-order valence-corrected chi connectivity index (χ3v) is 15.2. The van der Waals surface area contributed by atoms with Crippen LogP contribution < -0.4 is 20.7 Å². The third kappa shape index (κ3) is 4.47. The quantitative estimate of drug-likeness (QED) is 0.129. The molecule has 0 bridgehead atoms. The van der Waals surface area contributed by atoms with Crippen molar-refractivity contribution in [2.45, 2.75) is 0 Å². The molecule has 3 nitrogen and oxygen atoms in total. The van der Waals surface area contributed by atoms with Gasteiger partial charge in [0, 0.05) is 21.5 Å². The van der Waals surface area contributed by atoms with Crippen LogP contribution in [-0.4, -0.2) is 22.2 Å². The lowest BCUT2D eigenvalue weighted by atomic mass is 10.2. The van der Waals surface area contributed by atoms with Crippen molar-refractivity contribution in [2.24, 2.45) is 0 Å². The van der Waals surface area contributed by atoms with Crippen molar-refractivity contribution in [3.63, 3.8) is 0 Å². The standard InChI is InChI=1S/C47H33N3Si/c1-4-18-34(19-5-1)51(35-20-6-2-7-21-35,36-22-8-3-9-23-36)37-32-46(49-42-28-14-10-24-38(42)39-25-11-15-29-43(39)49)48-47(33-37)50-44-30-16-12-26-40(44)41-27-13-17-31-45(41)50/h1-33H. The molecule has 10 rings (SSSR count). The number of pyridine rings is 1. The zero-order valence-corrected chi connectivity index (χ0v) is 28.9. The summed E-state index contributed by atoms with van der Waals surface area (Å²) in [6.45, 7) is 0. The van der Waals surface area contributed by atoms with E-state index >= 15 is 0 Å². The normalized spacial score (nSPS) is 11.9. The lowest BCUT2D eigenvalue weighted by molar-refractivity contribution is 1.02. The molecule has 0 aliphatic heterocycles. The molecule has 0 saturated carbocycles. The third-order valence-electron chi connectivity index (χ3n) is 10.5. The summed E-state index contributed by atoms with van der Waals surface area (Å²) < 4.78 is 4.73. The average molecular weight is 668 g/mol. The van der Waals surface area contributed by atoms with E-state index in [9.17, 15) is 0 Å². The summed E-state index contributed by atoms with van der Waals surface area (Å²) in [5.74, 6) is 1.81. The van der Waals surface area contributed by atoms with Gasteiger partial charge in [-0.3, -0.25) is 9.13 Å². The first kappa shape index (κ1) is 29.4. The van der Waals surface area contributed by atoms with Crippen molar-refractivity contribution in [1.29, 1.82) is 0 Å². The van der Waals surface area contributed by atoms with Gasteiger partial charge < -0.3 is 0 Å². The minimum Gasteiger partial charge on any atom is -0.294 e. The summed E-state index contributed by atoms with van der Waals surface area (Å²) >= 11 is 0. The minimum absolute atomic E-state index is 0.904. The summed E-state index contributed by atoms with van der Waals surface area (Å²) in [4.78, 5) is 5.66. The van der Waals surface area contributed by atoms with E-state index in [1.165, 1.54) is 42.3 Å². The van der Waals surface area contributed by atoms with Crippen molar-refractivity contribution in [3.8, 4) is 11.6 Å². The topological polar surface area (TPSA) is 22.8 Å². The van der Waals surface area contributed by atoms with Crippen LogP contribution in [0, 0.1) is 0 Å². The molecule has 0 unspecified atom stereocenters. The van der Waals surface area contributed by atoms with Gasteiger partial charge in [-0.1, -0.05) is 164 Å². The maximum atomic E-state index is 5.66. The van der Waals surface area contributed by atoms with E-state index in [0.29, 0.717) is 0 Å². The molecule has 0 N–H and O–H groups in total. The SMILES string of the molecule is c1ccc([Si](c2ccccc2)(c2ccccc2)c2cc(-n3c4ccccc4c4ccccc43)nc(-n3c4ccccc4c4ccccc43)c2)cc1. The van der Waals surface area contributed by atoms with E-state index in [1.54, 1.807) is 0 Å². The number of nitrogens with zero attached hydrogens (tertiary/aromatic N) is 3. The van der Waals surface area contributed by atoms with Gasteiger partial charge in [0.1, 0.15) is 11.6 Å². The van der Waals surface area contributed by atoms with E-state index in [4.69, 9.17) is 4.98 Å². The van der Waals surface area contributed by atoms with E-state index < -0.39 is 8.07 Å². The van der Waals surface area contributed by atoms with E-state index in [1.807, 2.05) is 0 Å². The van der Waals surface area contributed by atoms with Crippen LogP contribution in [0.1, 0.15) is 0 Å². The van der Waals surface area contributed by atoms with Gasteiger partial charge >= 0.3 is 0 Å².